The first-order chi connectivity index (χ1) is 41.0. The number of nitrogens with one attached hydrogen (secondary N) is 5. The van der Waals surface area contributed by atoms with E-state index in [2.05, 4.69) is 30.6 Å². The van der Waals surface area contributed by atoms with Crippen molar-refractivity contribution in [3.8, 4) is 11.5 Å². The van der Waals surface area contributed by atoms with Crippen molar-refractivity contribution in [3.63, 3.8) is 0 Å². The van der Waals surface area contributed by atoms with Crippen LogP contribution in [0.15, 0.2) is 129 Å². The van der Waals surface area contributed by atoms with Gasteiger partial charge in [0.1, 0.15) is 44.3 Å². The Morgan fingerprint density at radius 3 is 2.09 bits per heavy atom. The van der Waals surface area contributed by atoms with Gasteiger partial charge in [0, 0.05) is 31.0 Å². The molecule has 470 valence electrons. The number of rotatable bonds is 12. The van der Waals surface area contributed by atoms with Gasteiger partial charge in [-0.1, -0.05) is 95.5 Å². The van der Waals surface area contributed by atoms with Crippen molar-refractivity contribution in [3.05, 3.63) is 162 Å². The van der Waals surface area contributed by atoms with E-state index < -0.39 is 77.2 Å². The lowest BCUT2D eigenvalue weighted by atomic mass is 9.94. The fourth-order valence-electron chi connectivity index (χ4n) is 8.78. The smallest absolute Gasteiger partial charge is 0.332 e. The summed E-state index contributed by atoms with van der Waals surface area (Å²) in [6, 6.07) is 25.0. The first-order valence-electron chi connectivity index (χ1n) is 25.6. The number of anilines is 3. The fraction of sp³-hybridized carbons (Fsp3) is 0.259. The van der Waals surface area contributed by atoms with Crippen LogP contribution in [0, 0.1) is 0 Å². The topological polar surface area (TPSA) is 457 Å². The number of thioether (sulfide) groups is 1. The molecular weight excluding hydrogens is 1280 g/mol. The summed E-state index contributed by atoms with van der Waals surface area (Å²) in [4.78, 5) is 87.8. The number of carbonyl (C=O) groups is 5. The van der Waals surface area contributed by atoms with Gasteiger partial charge in [-0.3, -0.25) is 33.1 Å². The summed E-state index contributed by atoms with van der Waals surface area (Å²) in [6.07, 6.45) is 1.41. The Hall–Kier alpha value is -8.24. The number of carboxylic acid groups (broad SMARTS) is 3. The second-order valence-corrected chi connectivity index (χ2v) is 26.5. The molecule has 3 aliphatic heterocycles. The number of H-pyrrole nitrogens is 1. The summed E-state index contributed by atoms with van der Waals surface area (Å²) in [6.45, 7) is 4.98. The maximum atomic E-state index is 12.3. The van der Waals surface area contributed by atoms with Gasteiger partial charge in [0.2, 0.25) is 31.9 Å². The number of sulfonamides is 2. The van der Waals surface area contributed by atoms with E-state index >= 15 is 0 Å². The Labute approximate surface area is 520 Å². The standard InChI is InChI=1S/C16H19N3O4S.C14H11Cl2NO2.C10H13NO4.C7H8ClN3O4S2.C7H8N4O2/c1-16(2)11(15(22)23)19-13(21)10(14(19)24-16)18-12(20)9(17)8-6-4-3-5-7-8;15-10-5-3-6-11(16)14(10)17-12-7-2-1-4-9(12)8-13(18)19;1-10(11,9(14)15)5-6-2-3-7(12)8(13)4-6;8-4-1-5-7(2-6(4)16(9,12)13)17(14,15)11-3-10-5;1-10-5-4(8-3-9-5)6(12)11(2)7(10)13/h3-7,9-11,14H,17H2,1-2H3,(H,18,20)(H,22,23);1-7,17H,8H2,(H,18,19);2-4,12-13H,5,11H2,1H3,(H,14,15);1-2,10-11H,3H2,(H2,9,12,13);3H,1-2H3,(H,8,9)/t9-,10-,11+,14-;;10-;;/m1.0../s1. The molecule has 88 heavy (non-hydrogen) atoms. The number of carbonyl (C=O) groups excluding carboxylic acids is 2. The van der Waals surface area contributed by atoms with Gasteiger partial charge in [0.25, 0.3) is 5.56 Å². The highest BCUT2D eigenvalue weighted by atomic mass is 35.5. The van der Waals surface area contributed by atoms with E-state index in [1.54, 1.807) is 81.6 Å². The molecule has 2 aromatic heterocycles. The highest BCUT2D eigenvalue weighted by molar-refractivity contribution is 8.01. The van der Waals surface area contributed by atoms with E-state index in [1.165, 1.54) is 65.8 Å². The number of para-hydroxylation sites is 2. The van der Waals surface area contributed by atoms with Gasteiger partial charge >= 0.3 is 23.6 Å². The summed E-state index contributed by atoms with van der Waals surface area (Å²) >= 11 is 19.3. The number of amides is 2. The molecule has 0 aliphatic carbocycles. The number of nitrogens with zero attached hydrogens (tertiary/aromatic N) is 4. The molecule has 5 atom stereocenters. The van der Waals surface area contributed by atoms with Crippen molar-refractivity contribution in [1.82, 2.24) is 34.0 Å². The van der Waals surface area contributed by atoms with E-state index in [1.807, 2.05) is 12.1 Å². The molecule has 5 aromatic carbocycles. The molecule has 5 heterocycles. The average molecular weight is 1330 g/mol. The molecule has 34 heteroatoms. The van der Waals surface area contributed by atoms with Crippen LogP contribution in [-0.2, 0) is 71.0 Å². The second-order valence-electron chi connectivity index (χ2n) is 20.3. The SMILES string of the molecule is CC1(C)S[C@@H]2[C@H](NC(=O)[C@H](N)c3ccccc3)C(=O)N2[C@H]1C(=O)O.C[C@](N)(Cc1ccc(O)c(O)c1)C(=O)O.Cn1c(=O)c2[nH]cnc2n(C)c1=O.NS(=O)(=O)c1cc2c(cc1Cl)NCNS2(=O)=O.O=C(O)Cc1ccccc1Nc1c(Cl)cccc1Cl. The maximum Gasteiger partial charge on any atom is 0.332 e. The minimum atomic E-state index is -4.07. The van der Waals surface area contributed by atoms with Gasteiger partial charge in [0.05, 0.1) is 45.9 Å². The Bertz CT molecular complexity index is 4170. The van der Waals surface area contributed by atoms with E-state index in [0.29, 0.717) is 49.3 Å². The molecule has 0 radical (unpaired) electrons. The van der Waals surface area contributed by atoms with Crippen LogP contribution in [0.25, 0.3) is 11.2 Å². The number of nitrogens with two attached hydrogens (primary N) is 3. The van der Waals surface area contributed by atoms with Gasteiger partial charge < -0.3 is 62.8 Å². The summed E-state index contributed by atoms with van der Waals surface area (Å²) in [5, 5.41) is 59.2. The Kier molecular flexibility index (Phi) is 21.8. The largest absolute Gasteiger partial charge is 0.504 e. The Morgan fingerprint density at radius 2 is 1.50 bits per heavy atom. The number of carboxylic acids is 3. The first-order valence-corrected chi connectivity index (χ1v) is 30.6. The molecule has 7 aromatic rings. The minimum Gasteiger partial charge on any atom is -0.504 e. The lowest BCUT2D eigenvalue weighted by molar-refractivity contribution is -0.161. The number of aromatic nitrogens is 4. The molecule has 28 nitrogen and oxygen atoms in total. The number of β-lactam (4-membered cyclic amide) rings is 1. The first kappa shape index (κ1) is 68.9. The summed E-state index contributed by atoms with van der Waals surface area (Å²) < 4.78 is 49.6. The van der Waals surface area contributed by atoms with E-state index in [9.17, 15) is 60.6 Å². The van der Waals surface area contributed by atoms with Crippen LogP contribution < -0.4 is 48.5 Å². The summed E-state index contributed by atoms with van der Waals surface area (Å²) in [5.74, 6) is -4.39. The third kappa shape index (κ3) is 16.1. The van der Waals surface area contributed by atoms with Gasteiger partial charge in [-0.15, -0.1) is 11.8 Å². The van der Waals surface area contributed by atoms with Crippen LogP contribution in [-0.4, -0.2) is 131 Å². The van der Waals surface area contributed by atoms with Gasteiger partial charge in [-0.05, 0) is 79.9 Å². The summed E-state index contributed by atoms with van der Waals surface area (Å²) in [5.41, 5.74) is 13.5. The number of halogens is 3. The monoisotopic (exact) mass is 1330 g/mol. The minimum absolute atomic E-state index is 0.0143. The Morgan fingerprint density at radius 1 is 0.875 bits per heavy atom. The molecule has 2 amide bonds. The highest BCUT2D eigenvalue weighted by Crippen LogP contribution is 2.51. The number of imidazole rings is 1. The molecule has 2 saturated heterocycles. The third-order valence-corrected chi connectivity index (χ3v) is 18.3. The lowest BCUT2D eigenvalue weighted by Crippen LogP contribution is -2.71. The Balaban J connectivity index is 0.000000178. The molecule has 0 spiro atoms. The van der Waals surface area contributed by atoms with Crippen molar-refractivity contribution in [2.75, 3.05) is 17.3 Å². The zero-order valence-electron chi connectivity index (χ0n) is 46.9. The fourth-order valence-corrected chi connectivity index (χ4v) is 13.2. The second kappa shape index (κ2) is 27.9. The molecule has 16 N–H and O–H groups in total. The van der Waals surface area contributed by atoms with Crippen molar-refractivity contribution < 1.29 is 66.3 Å². The zero-order chi connectivity index (χ0) is 65.5. The van der Waals surface area contributed by atoms with Gasteiger partial charge in [-0.25, -0.2) is 36.5 Å². The van der Waals surface area contributed by atoms with Gasteiger partial charge in [0.15, 0.2) is 17.1 Å². The maximum absolute atomic E-state index is 12.3. The van der Waals surface area contributed by atoms with Crippen molar-refractivity contribution in [2.24, 2.45) is 30.7 Å². The van der Waals surface area contributed by atoms with E-state index in [4.69, 9.17) is 66.7 Å². The number of aryl methyl sites for hydroxylation is 1. The zero-order valence-corrected chi connectivity index (χ0v) is 51.6. The van der Waals surface area contributed by atoms with E-state index in [-0.39, 0.29) is 69.1 Å². The molecule has 3 aliphatic rings. The number of hydrogen-bond acceptors (Lipinski definition) is 19. The number of phenols is 2. The number of aromatic hydroxyl groups is 2. The van der Waals surface area contributed by atoms with Crippen LogP contribution in [0.1, 0.15) is 43.5 Å². The molecule has 0 unspecified atom stereocenters. The number of primary sulfonamides is 1. The molecule has 2 fully saturated rings. The molecule has 0 bridgehead atoms. The van der Waals surface area contributed by atoms with Crippen LogP contribution in [0.3, 0.4) is 0 Å². The number of phenolic OH excluding ortho intramolecular Hbond substituents is 2. The highest BCUT2D eigenvalue weighted by Gasteiger charge is 2.64. The van der Waals surface area contributed by atoms with Crippen LogP contribution >= 0.6 is 46.6 Å². The number of benzene rings is 5. The van der Waals surface area contributed by atoms with Crippen molar-refractivity contribution >= 4 is 125 Å². The quantitative estimate of drug-likeness (QED) is 0.0612. The normalized spacial score (nSPS) is 17.6. The average Bonchev–Trinajstić information content (AvgIpc) is 1.69. The number of aromatic amines is 1. The van der Waals surface area contributed by atoms with Crippen LogP contribution in [0.5, 0.6) is 11.5 Å². The molecular formula is C54H59Cl3N12O16S3. The van der Waals surface area contributed by atoms with Crippen LogP contribution in [0.2, 0.25) is 15.1 Å². The number of aliphatic carboxylic acids is 3. The van der Waals surface area contributed by atoms with Crippen molar-refractivity contribution in [2.45, 2.75) is 77.2 Å². The predicted octanol–water partition coefficient (Wildman–Crippen LogP) is 3.73. The van der Waals surface area contributed by atoms with Gasteiger partial charge in [-0.2, -0.15) is 4.72 Å². The molecule has 0 saturated carbocycles. The predicted molar refractivity (Wildman–Crippen MR) is 328 cm³/mol. The summed E-state index contributed by atoms with van der Waals surface area (Å²) in [7, 11) is -4.79. The third-order valence-electron chi connectivity index (χ3n) is 13.3. The van der Waals surface area contributed by atoms with E-state index in [0.717, 1.165) is 10.6 Å². The number of fused-ring (bicyclic) bond motifs is 3. The lowest BCUT2D eigenvalue weighted by Gasteiger charge is -2.43. The molecule has 10 rings (SSSR count). The van der Waals surface area contributed by atoms with Crippen molar-refractivity contribution in [1.29, 1.82) is 0 Å². The number of hydrogen-bond donors (Lipinski definition) is 13. The van der Waals surface area contributed by atoms with Crippen LogP contribution in [0.4, 0.5) is 17.1 Å².